The van der Waals surface area contributed by atoms with Gasteiger partial charge in [0.05, 0.1) is 15.9 Å². The van der Waals surface area contributed by atoms with Crippen molar-refractivity contribution in [3.8, 4) is 0 Å². The molecular formula is C14H24ClN3. The molecule has 0 aliphatic carbocycles. The highest BCUT2D eigenvalue weighted by Crippen LogP contribution is 2.31. The zero-order chi connectivity index (χ0) is 14.3. The molecule has 0 saturated carbocycles. The van der Waals surface area contributed by atoms with E-state index in [0.29, 0.717) is 0 Å². The average molecular weight is 270 g/mol. The van der Waals surface area contributed by atoms with Crippen LogP contribution in [0.3, 0.4) is 0 Å². The third kappa shape index (κ3) is 3.16. The first-order valence-corrected chi connectivity index (χ1v) is 6.82. The maximum atomic E-state index is 6.13. The van der Waals surface area contributed by atoms with E-state index in [4.69, 9.17) is 11.6 Å². The molecule has 1 aromatic heterocycles. The predicted molar refractivity (Wildman–Crippen MR) is 82.7 cm³/mol. The number of halogens is 1. The standard InChI is InChI=1S/C10H12ClN3.2C2H6/c1-6-4-5-7(11)8-9(6)14(3)13-10(8)12-2;2*1-2/h4-5H,1-3H3,(H,12,13);2*1-2H3. The van der Waals surface area contributed by atoms with Crippen LogP contribution in [0.2, 0.25) is 5.02 Å². The summed E-state index contributed by atoms with van der Waals surface area (Å²) in [5.74, 6) is 0.830. The molecule has 3 nitrogen and oxygen atoms in total. The maximum absolute atomic E-state index is 6.13. The minimum atomic E-state index is 0.739. The second kappa shape index (κ2) is 7.98. The van der Waals surface area contributed by atoms with Crippen LogP contribution in [0.4, 0.5) is 5.82 Å². The van der Waals surface area contributed by atoms with Crippen molar-refractivity contribution in [3.05, 3.63) is 22.7 Å². The second-order valence-corrected chi connectivity index (χ2v) is 3.72. The van der Waals surface area contributed by atoms with Crippen LogP contribution in [-0.2, 0) is 7.05 Å². The van der Waals surface area contributed by atoms with E-state index in [1.165, 1.54) is 5.56 Å². The second-order valence-electron chi connectivity index (χ2n) is 3.31. The van der Waals surface area contributed by atoms with E-state index in [1.807, 2.05) is 58.6 Å². The number of aromatic nitrogens is 2. The Hall–Kier alpha value is -1.22. The van der Waals surface area contributed by atoms with Crippen molar-refractivity contribution >= 4 is 28.3 Å². The number of hydrogen-bond donors (Lipinski definition) is 1. The van der Waals surface area contributed by atoms with Crippen LogP contribution < -0.4 is 5.32 Å². The number of nitrogens with one attached hydrogen (secondary N) is 1. The Morgan fingerprint density at radius 3 is 2.22 bits per heavy atom. The zero-order valence-electron chi connectivity index (χ0n) is 12.4. The summed E-state index contributed by atoms with van der Waals surface area (Å²) in [5, 5.41) is 9.13. The molecule has 0 aliphatic heterocycles. The van der Waals surface area contributed by atoms with Crippen molar-refractivity contribution in [1.82, 2.24) is 9.78 Å². The van der Waals surface area contributed by atoms with Gasteiger partial charge < -0.3 is 5.32 Å². The number of anilines is 1. The molecular weight excluding hydrogens is 246 g/mol. The predicted octanol–water partition coefficient (Wildman–Crippen LogP) is 4.63. The van der Waals surface area contributed by atoms with E-state index in [1.54, 1.807) is 0 Å². The quantitative estimate of drug-likeness (QED) is 0.818. The van der Waals surface area contributed by atoms with Gasteiger partial charge in [0.25, 0.3) is 0 Å². The van der Waals surface area contributed by atoms with E-state index in [2.05, 4.69) is 17.3 Å². The van der Waals surface area contributed by atoms with Crippen LogP contribution in [0.15, 0.2) is 12.1 Å². The molecule has 1 aromatic carbocycles. The van der Waals surface area contributed by atoms with Gasteiger partial charge in [0, 0.05) is 14.1 Å². The van der Waals surface area contributed by atoms with Gasteiger partial charge in [-0.15, -0.1) is 0 Å². The van der Waals surface area contributed by atoms with Crippen molar-refractivity contribution < 1.29 is 0 Å². The minimum absolute atomic E-state index is 0.739. The lowest BCUT2D eigenvalue weighted by atomic mass is 10.1. The van der Waals surface area contributed by atoms with Gasteiger partial charge in [-0.05, 0) is 18.6 Å². The van der Waals surface area contributed by atoms with E-state index in [0.717, 1.165) is 21.7 Å². The smallest absolute Gasteiger partial charge is 0.157 e. The lowest BCUT2D eigenvalue weighted by Gasteiger charge is -2.00. The number of hydrogen-bond acceptors (Lipinski definition) is 2. The summed E-state index contributed by atoms with van der Waals surface area (Å²) in [5.41, 5.74) is 2.27. The number of benzene rings is 1. The van der Waals surface area contributed by atoms with Crippen LogP contribution in [0.1, 0.15) is 33.3 Å². The molecule has 0 spiro atoms. The summed E-state index contributed by atoms with van der Waals surface area (Å²) in [6.07, 6.45) is 0. The van der Waals surface area contributed by atoms with Crippen LogP contribution in [0.25, 0.3) is 10.9 Å². The van der Waals surface area contributed by atoms with Gasteiger partial charge in [0.15, 0.2) is 5.82 Å². The van der Waals surface area contributed by atoms with Crippen LogP contribution in [-0.4, -0.2) is 16.8 Å². The largest absolute Gasteiger partial charge is 0.371 e. The van der Waals surface area contributed by atoms with Gasteiger partial charge in [0.2, 0.25) is 0 Å². The summed E-state index contributed by atoms with van der Waals surface area (Å²) < 4.78 is 1.85. The molecule has 1 heterocycles. The van der Waals surface area contributed by atoms with Crippen molar-refractivity contribution in [2.45, 2.75) is 34.6 Å². The van der Waals surface area contributed by atoms with Crippen molar-refractivity contribution in [2.24, 2.45) is 7.05 Å². The first-order chi connectivity index (χ1) is 8.65. The highest BCUT2D eigenvalue weighted by atomic mass is 35.5. The number of aryl methyl sites for hydroxylation is 2. The molecule has 1 N–H and O–H groups in total. The van der Waals surface area contributed by atoms with Gasteiger partial charge in [-0.3, -0.25) is 4.68 Å². The topological polar surface area (TPSA) is 29.9 Å². The van der Waals surface area contributed by atoms with Gasteiger partial charge in [-0.1, -0.05) is 45.4 Å². The van der Waals surface area contributed by atoms with Gasteiger partial charge >= 0.3 is 0 Å². The molecule has 0 saturated heterocycles. The minimum Gasteiger partial charge on any atom is -0.371 e. The normalized spacial score (nSPS) is 9.11. The molecule has 2 rings (SSSR count). The average Bonchev–Trinajstić information content (AvgIpc) is 2.77. The summed E-state index contributed by atoms with van der Waals surface area (Å²) in [7, 11) is 3.77. The summed E-state index contributed by atoms with van der Waals surface area (Å²) in [6.45, 7) is 10.1. The molecule has 4 heteroatoms. The van der Waals surface area contributed by atoms with Crippen LogP contribution in [0, 0.1) is 6.92 Å². The Morgan fingerprint density at radius 1 is 1.17 bits per heavy atom. The molecule has 0 fully saturated rings. The maximum Gasteiger partial charge on any atom is 0.157 e. The Bertz CT molecular complexity index is 489. The Labute approximate surface area is 115 Å². The molecule has 0 amide bonds. The number of nitrogens with zero attached hydrogens (tertiary/aromatic N) is 2. The third-order valence-corrected chi connectivity index (χ3v) is 2.69. The SMILES string of the molecule is CC.CC.CNc1nn(C)c2c(C)ccc(Cl)c12. The number of rotatable bonds is 1. The monoisotopic (exact) mass is 269 g/mol. The zero-order valence-corrected chi connectivity index (χ0v) is 13.2. The molecule has 0 unspecified atom stereocenters. The first kappa shape index (κ1) is 16.8. The summed E-state index contributed by atoms with van der Waals surface area (Å²) in [4.78, 5) is 0. The molecule has 0 atom stereocenters. The molecule has 2 aromatic rings. The Kier molecular flexibility index (Phi) is 7.44. The van der Waals surface area contributed by atoms with Gasteiger partial charge in [-0.25, -0.2) is 0 Å². The fourth-order valence-electron chi connectivity index (χ4n) is 1.74. The van der Waals surface area contributed by atoms with E-state index in [9.17, 15) is 0 Å². The Balaban J connectivity index is 0.000000659. The van der Waals surface area contributed by atoms with Crippen molar-refractivity contribution in [3.63, 3.8) is 0 Å². The highest BCUT2D eigenvalue weighted by molar-refractivity contribution is 6.36. The molecule has 0 bridgehead atoms. The van der Waals surface area contributed by atoms with Gasteiger partial charge in [-0.2, -0.15) is 5.10 Å². The van der Waals surface area contributed by atoms with Crippen molar-refractivity contribution in [2.75, 3.05) is 12.4 Å². The third-order valence-electron chi connectivity index (χ3n) is 2.38. The molecule has 18 heavy (non-hydrogen) atoms. The first-order valence-electron chi connectivity index (χ1n) is 6.44. The van der Waals surface area contributed by atoms with E-state index in [-0.39, 0.29) is 0 Å². The fourth-order valence-corrected chi connectivity index (χ4v) is 1.98. The molecule has 102 valence electrons. The fraction of sp³-hybridized carbons (Fsp3) is 0.500. The van der Waals surface area contributed by atoms with Crippen LogP contribution in [0.5, 0.6) is 0 Å². The van der Waals surface area contributed by atoms with E-state index >= 15 is 0 Å². The summed E-state index contributed by atoms with van der Waals surface area (Å²) >= 11 is 6.13. The number of fused-ring (bicyclic) bond motifs is 1. The Morgan fingerprint density at radius 2 is 1.72 bits per heavy atom. The summed E-state index contributed by atoms with van der Waals surface area (Å²) in [6, 6.07) is 3.91. The molecule has 0 aliphatic rings. The van der Waals surface area contributed by atoms with Crippen molar-refractivity contribution in [1.29, 1.82) is 0 Å². The lowest BCUT2D eigenvalue weighted by molar-refractivity contribution is 0.797. The van der Waals surface area contributed by atoms with Gasteiger partial charge in [0.1, 0.15) is 0 Å². The highest BCUT2D eigenvalue weighted by Gasteiger charge is 2.12. The van der Waals surface area contributed by atoms with E-state index < -0.39 is 0 Å². The van der Waals surface area contributed by atoms with Crippen LogP contribution >= 0.6 is 11.6 Å². The lowest BCUT2D eigenvalue weighted by Crippen LogP contribution is -1.93. The molecule has 0 radical (unpaired) electrons.